The smallest absolute Gasteiger partial charge is 0.322 e. The van der Waals surface area contributed by atoms with Gasteiger partial charge in [0.25, 0.3) is 0 Å². The van der Waals surface area contributed by atoms with Gasteiger partial charge in [0, 0.05) is 5.69 Å². The summed E-state index contributed by atoms with van der Waals surface area (Å²) in [7, 11) is 0. The number of nitrogens with zero attached hydrogens (tertiary/aromatic N) is 4. The summed E-state index contributed by atoms with van der Waals surface area (Å²) >= 11 is 5.80. The first kappa shape index (κ1) is 19.5. The number of benzene rings is 1. The zero-order valence-corrected chi connectivity index (χ0v) is 17.1. The highest BCUT2D eigenvalue weighted by molar-refractivity contribution is 6.31. The molecule has 0 radical (unpaired) electrons. The van der Waals surface area contributed by atoms with Gasteiger partial charge in [0.05, 0.1) is 53.8 Å². The Morgan fingerprint density at radius 3 is 2.83 bits per heavy atom. The number of hydrogen-bond acceptors (Lipinski definition) is 3. The van der Waals surface area contributed by atoms with Crippen LogP contribution in [0.4, 0.5) is 25.4 Å². The number of carbonyl (C=O) groups is 2. The summed E-state index contributed by atoms with van der Waals surface area (Å²) in [6.07, 6.45) is 1.67. The zero-order chi connectivity index (χ0) is 20.9. The summed E-state index contributed by atoms with van der Waals surface area (Å²) in [5.41, 5.74) is 1.56. The third kappa shape index (κ3) is 3.62. The Bertz CT molecular complexity index is 991. The number of carbonyl (C=O) groups excluding carboxylic acids is 2. The van der Waals surface area contributed by atoms with Crippen LogP contribution < -0.4 is 15.5 Å². The maximum atomic E-state index is 13.4. The molecule has 0 saturated carbocycles. The Balaban J connectivity index is 1.56. The van der Waals surface area contributed by atoms with Gasteiger partial charge >= 0.3 is 12.1 Å². The van der Waals surface area contributed by atoms with Crippen molar-refractivity contribution in [3.05, 3.63) is 40.9 Å². The highest BCUT2D eigenvalue weighted by Gasteiger charge is 2.39. The fraction of sp³-hybridized carbons (Fsp3) is 0.421. The summed E-state index contributed by atoms with van der Waals surface area (Å²) in [5.74, 6) is -0.545. The van der Waals surface area contributed by atoms with E-state index in [2.05, 4.69) is 15.7 Å². The number of hydrogen-bond donors (Lipinski definition) is 2. The molecule has 1 aromatic carbocycles. The second kappa shape index (κ2) is 6.91. The van der Waals surface area contributed by atoms with E-state index >= 15 is 0 Å². The van der Waals surface area contributed by atoms with E-state index in [1.807, 2.05) is 25.5 Å². The van der Waals surface area contributed by atoms with Crippen LogP contribution in [-0.2, 0) is 13.1 Å². The Morgan fingerprint density at radius 2 is 2.17 bits per heavy atom. The van der Waals surface area contributed by atoms with Crippen molar-refractivity contribution < 1.29 is 14.0 Å². The van der Waals surface area contributed by atoms with Crippen LogP contribution in [0.15, 0.2) is 24.4 Å². The minimum Gasteiger partial charge on any atom is -0.331 e. The molecule has 1 aromatic heterocycles. The lowest BCUT2D eigenvalue weighted by Crippen LogP contribution is -2.47. The molecule has 4 rings (SSSR count). The minimum absolute atomic E-state index is 0.0579. The van der Waals surface area contributed by atoms with Crippen LogP contribution >= 0.6 is 11.6 Å². The van der Waals surface area contributed by atoms with E-state index in [1.165, 1.54) is 18.2 Å². The Morgan fingerprint density at radius 1 is 1.41 bits per heavy atom. The van der Waals surface area contributed by atoms with Gasteiger partial charge in [-0.3, -0.25) is 9.58 Å². The highest BCUT2D eigenvalue weighted by atomic mass is 35.5. The molecule has 0 bridgehead atoms. The van der Waals surface area contributed by atoms with Crippen molar-refractivity contribution in [1.29, 1.82) is 0 Å². The van der Waals surface area contributed by atoms with Gasteiger partial charge in [0.2, 0.25) is 0 Å². The largest absolute Gasteiger partial charge is 0.331 e. The average molecular weight is 421 g/mol. The van der Waals surface area contributed by atoms with Gasteiger partial charge in [-0.25, -0.2) is 14.0 Å². The third-order valence-electron chi connectivity index (χ3n) is 5.18. The van der Waals surface area contributed by atoms with E-state index in [-0.39, 0.29) is 28.7 Å². The Hall–Kier alpha value is -2.81. The molecular weight excluding hydrogens is 399 g/mol. The van der Waals surface area contributed by atoms with Crippen molar-refractivity contribution in [2.45, 2.75) is 45.4 Å². The standard InChI is InChI=1S/C19H22ClFN6O2/c1-11-8-27-16(15(7-22-27)26-10-19(2,3)24-18(26)29)9-25(11)17(28)23-12-4-5-14(21)13(20)6-12/h4-7,11H,8-10H2,1-3H3,(H,23,28)(H,24,29)/t11-/m0/s1. The van der Waals surface area contributed by atoms with E-state index in [9.17, 15) is 14.0 Å². The third-order valence-corrected chi connectivity index (χ3v) is 5.47. The number of urea groups is 2. The maximum absolute atomic E-state index is 13.4. The number of anilines is 2. The fourth-order valence-corrected chi connectivity index (χ4v) is 3.89. The molecule has 8 nitrogen and oxygen atoms in total. The van der Waals surface area contributed by atoms with Crippen molar-refractivity contribution in [3.8, 4) is 0 Å². The van der Waals surface area contributed by atoms with Gasteiger partial charge in [0.15, 0.2) is 0 Å². The van der Waals surface area contributed by atoms with Gasteiger partial charge in [-0.05, 0) is 39.0 Å². The fourth-order valence-electron chi connectivity index (χ4n) is 3.71. The molecule has 0 spiro atoms. The van der Waals surface area contributed by atoms with Crippen molar-refractivity contribution in [2.75, 3.05) is 16.8 Å². The molecule has 1 fully saturated rings. The lowest BCUT2D eigenvalue weighted by molar-refractivity contribution is 0.161. The Kier molecular flexibility index (Phi) is 4.65. The van der Waals surface area contributed by atoms with Crippen LogP contribution in [0.25, 0.3) is 0 Å². The van der Waals surface area contributed by atoms with Crippen LogP contribution in [0, 0.1) is 5.82 Å². The van der Waals surface area contributed by atoms with Crippen molar-refractivity contribution >= 4 is 35.0 Å². The monoisotopic (exact) mass is 420 g/mol. The van der Waals surface area contributed by atoms with E-state index in [4.69, 9.17) is 11.6 Å². The maximum Gasteiger partial charge on any atom is 0.322 e. The molecule has 2 aromatic rings. The Labute approximate surface area is 172 Å². The number of fused-ring (bicyclic) bond motifs is 1. The van der Waals surface area contributed by atoms with E-state index in [0.29, 0.717) is 31.0 Å². The normalized spacial score (nSPS) is 20.4. The van der Waals surface area contributed by atoms with Crippen molar-refractivity contribution in [1.82, 2.24) is 20.0 Å². The second-order valence-corrected chi connectivity index (χ2v) is 8.50. The first-order chi connectivity index (χ1) is 13.6. The quantitative estimate of drug-likeness (QED) is 0.780. The van der Waals surface area contributed by atoms with Crippen LogP contribution in [0.5, 0.6) is 0 Å². The number of rotatable bonds is 2. The molecule has 0 aliphatic carbocycles. The molecule has 1 saturated heterocycles. The predicted octanol–water partition coefficient (Wildman–Crippen LogP) is 3.42. The molecule has 10 heteroatoms. The van der Waals surface area contributed by atoms with Gasteiger partial charge in [0.1, 0.15) is 5.82 Å². The molecule has 0 unspecified atom stereocenters. The molecular formula is C19H22ClFN6O2. The summed E-state index contributed by atoms with van der Waals surface area (Å²) in [4.78, 5) is 28.6. The van der Waals surface area contributed by atoms with Crippen LogP contribution in [0.1, 0.15) is 26.5 Å². The summed E-state index contributed by atoms with van der Waals surface area (Å²) in [6, 6.07) is 3.41. The van der Waals surface area contributed by atoms with Crippen LogP contribution in [-0.4, -0.2) is 44.9 Å². The van der Waals surface area contributed by atoms with Crippen LogP contribution in [0.3, 0.4) is 0 Å². The van der Waals surface area contributed by atoms with Crippen LogP contribution in [0.2, 0.25) is 5.02 Å². The van der Waals surface area contributed by atoms with E-state index < -0.39 is 5.82 Å². The van der Waals surface area contributed by atoms with E-state index in [1.54, 1.807) is 16.0 Å². The predicted molar refractivity (Wildman–Crippen MR) is 108 cm³/mol. The summed E-state index contributed by atoms with van der Waals surface area (Å²) < 4.78 is 15.2. The van der Waals surface area contributed by atoms with Gasteiger partial charge < -0.3 is 15.5 Å². The molecule has 3 heterocycles. The minimum atomic E-state index is -0.545. The topological polar surface area (TPSA) is 82.5 Å². The zero-order valence-electron chi connectivity index (χ0n) is 16.4. The van der Waals surface area contributed by atoms with Gasteiger partial charge in [-0.2, -0.15) is 5.10 Å². The first-order valence-electron chi connectivity index (χ1n) is 9.32. The number of nitrogens with one attached hydrogen (secondary N) is 2. The molecule has 4 amide bonds. The average Bonchev–Trinajstić information content (AvgIpc) is 3.15. The first-order valence-corrected chi connectivity index (χ1v) is 9.69. The summed E-state index contributed by atoms with van der Waals surface area (Å²) in [6.45, 7) is 7.15. The molecule has 2 aliphatic rings. The lowest BCUT2D eigenvalue weighted by atomic mass is 10.1. The number of amides is 4. The molecule has 2 N–H and O–H groups in total. The van der Waals surface area contributed by atoms with Gasteiger partial charge in [-0.15, -0.1) is 0 Å². The lowest BCUT2D eigenvalue weighted by Gasteiger charge is -2.35. The van der Waals surface area contributed by atoms with E-state index in [0.717, 1.165) is 5.69 Å². The van der Waals surface area contributed by atoms with Crippen molar-refractivity contribution in [2.24, 2.45) is 0 Å². The van der Waals surface area contributed by atoms with Crippen molar-refractivity contribution in [3.63, 3.8) is 0 Å². The second-order valence-electron chi connectivity index (χ2n) is 8.09. The summed E-state index contributed by atoms with van der Waals surface area (Å²) in [5, 5.41) is 10.0. The molecule has 2 aliphatic heterocycles. The molecule has 1 atom stereocenters. The number of halogens is 2. The SMILES string of the molecule is C[C@H]1Cn2ncc(N3CC(C)(C)NC3=O)c2CN1C(=O)Nc1ccc(F)c(Cl)c1. The number of aromatic nitrogens is 2. The molecule has 29 heavy (non-hydrogen) atoms. The van der Waals surface area contributed by atoms with Gasteiger partial charge in [-0.1, -0.05) is 11.6 Å². The highest BCUT2D eigenvalue weighted by Crippen LogP contribution is 2.31. The molecule has 154 valence electrons.